The predicted octanol–water partition coefficient (Wildman–Crippen LogP) is 4.67. The lowest BCUT2D eigenvalue weighted by atomic mass is 9.84. The summed E-state index contributed by atoms with van der Waals surface area (Å²) in [6.07, 6.45) is 3.21. The van der Waals surface area contributed by atoms with Crippen molar-refractivity contribution < 1.29 is 23.8 Å². The van der Waals surface area contributed by atoms with Crippen LogP contribution in [0.25, 0.3) is 10.9 Å². The van der Waals surface area contributed by atoms with E-state index in [2.05, 4.69) is 36.0 Å². The van der Waals surface area contributed by atoms with Gasteiger partial charge in [0.1, 0.15) is 13.2 Å². The molecule has 1 N–H and O–H groups in total. The van der Waals surface area contributed by atoms with Crippen LogP contribution in [0.15, 0.2) is 47.8 Å². The van der Waals surface area contributed by atoms with Gasteiger partial charge in [0.2, 0.25) is 11.7 Å². The summed E-state index contributed by atoms with van der Waals surface area (Å²) in [4.78, 5) is 27.5. The summed E-state index contributed by atoms with van der Waals surface area (Å²) in [5, 5.41) is 4.62. The topological polar surface area (TPSA) is 82.0 Å². The molecule has 3 aromatic rings. The molecule has 1 aromatic heterocycles. The molecule has 0 saturated heterocycles. The van der Waals surface area contributed by atoms with Gasteiger partial charge in [-0.1, -0.05) is 19.9 Å². The molecule has 0 fully saturated rings. The summed E-state index contributed by atoms with van der Waals surface area (Å²) in [6, 6.07) is 10.1. The van der Waals surface area contributed by atoms with E-state index in [9.17, 15) is 9.59 Å². The average molecular weight is 502 g/mol. The molecule has 2 aromatic carbocycles. The number of ether oxygens (including phenoxy) is 3. The van der Waals surface area contributed by atoms with Gasteiger partial charge in [-0.25, -0.2) is 0 Å². The van der Waals surface area contributed by atoms with Gasteiger partial charge in [0.25, 0.3) is 5.91 Å². The number of nitrogens with one attached hydrogen (secondary N) is 1. The van der Waals surface area contributed by atoms with Crippen LogP contribution in [0.5, 0.6) is 17.2 Å². The number of methoxy groups -OCH3 is 1. The highest BCUT2D eigenvalue weighted by Gasteiger charge is 2.42. The van der Waals surface area contributed by atoms with Gasteiger partial charge in [-0.3, -0.25) is 14.5 Å². The molecule has 0 aliphatic carbocycles. The molecular weight excluding hydrogens is 470 g/mol. The van der Waals surface area contributed by atoms with E-state index in [1.54, 1.807) is 7.11 Å². The van der Waals surface area contributed by atoms with E-state index in [1.165, 1.54) is 11.8 Å². The first-order valence-corrected chi connectivity index (χ1v) is 12.8. The summed E-state index contributed by atoms with van der Waals surface area (Å²) in [5.41, 5.74) is 5.25. The van der Waals surface area contributed by atoms with E-state index < -0.39 is 5.92 Å². The maximum atomic E-state index is 13.8. The highest BCUT2D eigenvalue weighted by molar-refractivity contribution is 6.11. The van der Waals surface area contributed by atoms with Crippen molar-refractivity contribution in [1.82, 2.24) is 9.47 Å². The fraction of sp³-hybridized carbons (Fsp3) is 0.379. The third-order valence-electron chi connectivity index (χ3n) is 7.45. The summed E-state index contributed by atoms with van der Waals surface area (Å²) in [5.74, 6) is 1.32. The standard InChI is InChI=1S/C29H31N3O5/c1-16(2)8-9-31-14-19-25(18-12-23(35-4)28-24(13-18)36-10-11-37-28)27-21(15-32(17(3)33)29(27)34)30-20-6-5-7-22(31)26(19)20/h5-7,12-14,16,25,30H,8-11,15H2,1-4H3/t25-/m0/s1. The van der Waals surface area contributed by atoms with Crippen LogP contribution in [-0.2, 0) is 16.1 Å². The van der Waals surface area contributed by atoms with Gasteiger partial charge < -0.3 is 24.1 Å². The average Bonchev–Trinajstić information content (AvgIpc) is 3.36. The molecule has 1 atom stereocenters. The van der Waals surface area contributed by atoms with Crippen LogP contribution in [0, 0.1) is 5.92 Å². The summed E-state index contributed by atoms with van der Waals surface area (Å²) >= 11 is 0. The lowest BCUT2D eigenvalue weighted by Gasteiger charge is -2.25. The van der Waals surface area contributed by atoms with Crippen LogP contribution in [0.1, 0.15) is 44.2 Å². The minimum Gasteiger partial charge on any atom is -0.493 e. The van der Waals surface area contributed by atoms with Gasteiger partial charge in [0.05, 0.1) is 24.7 Å². The van der Waals surface area contributed by atoms with E-state index in [1.807, 2.05) is 24.3 Å². The maximum absolute atomic E-state index is 13.8. The van der Waals surface area contributed by atoms with Crippen LogP contribution in [0.2, 0.25) is 0 Å². The quantitative estimate of drug-likeness (QED) is 0.547. The van der Waals surface area contributed by atoms with Crippen LogP contribution in [0.4, 0.5) is 5.69 Å². The van der Waals surface area contributed by atoms with Crippen LogP contribution in [0.3, 0.4) is 0 Å². The Morgan fingerprint density at radius 2 is 2.03 bits per heavy atom. The Bertz CT molecular complexity index is 1450. The number of hydrogen-bond donors (Lipinski definition) is 1. The highest BCUT2D eigenvalue weighted by Crippen LogP contribution is 2.50. The van der Waals surface area contributed by atoms with Crippen molar-refractivity contribution in [3.63, 3.8) is 0 Å². The van der Waals surface area contributed by atoms with Gasteiger partial charge >= 0.3 is 0 Å². The van der Waals surface area contributed by atoms with Gasteiger partial charge in [-0.2, -0.15) is 0 Å². The molecule has 192 valence electrons. The summed E-state index contributed by atoms with van der Waals surface area (Å²) in [6.45, 7) is 7.85. The molecule has 0 spiro atoms. The number of imide groups is 1. The van der Waals surface area contributed by atoms with Crippen molar-refractivity contribution in [2.24, 2.45) is 5.92 Å². The Morgan fingerprint density at radius 3 is 2.78 bits per heavy atom. The third-order valence-corrected chi connectivity index (χ3v) is 7.45. The molecule has 2 amide bonds. The second kappa shape index (κ2) is 8.87. The number of aromatic nitrogens is 1. The largest absolute Gasteiger partial charge is 0.493 e. The van der Waals surface area contributed by atoms with Gasteiger partial charge in [0, 0.05) is 42.4 Å². The van der Waals surface area contributed by atoms with E-state index in [0.717, 1.165) is 46.4 Å². The zero-order valence-electron chi connectivity index (χ0n) is 21.6. The van der Waals surface area contributed by atoms with Crippen molar-refractivity contribution in [3.05, 3.63) is 58.9 Å². The highest BCUT2D eigenvalue weighted by atomic mass is 16.6. The number of aryl methyl sites for hydroxylation is 1. The van der Waals surface area contributed by atoms with Crippen LogP contribution < -0.4 is 19.5 Å². The van der Waals surface area contributed by atoms with Gasteiger partial charge in [0.15, 0.2) is 11.5 Å². The molecule has 0 radical (unpaired) electrons. The first-order chi connectivity index (χ1) is 17.9. The first kappa shape index (κ1) is 23.5. The van der Waals surface area contributed by atoms with E-state index >= 15 is 0 Å². The van der Waals surface area contributed by atoms with E-state index in [4.69, 9.17) is 14.2 Å². The Balaban J connectivity index is 1.60. The number of rotatable bonds is 5. The van der Waals surface area contributed by atoms with Gasteiger partial charge in [-0.15, -0.1) is 0 Å². The first-order valence-electron chi connectivity index (χ1n) is 12.8. The molecule has 0 bridgehead atoms. The molecule has 3 aliphatic heterocycles. The third kappa shape index (κ3) is 3.74. The second-order valence-corrected chi connectivity index (χ2v) is 10.3. The van der Waals surface area contributed by atoms with Crippen LogP contribution in [-0.4, -0.2) is 48.1 Å². The Labute approximate surface area is 215 Å². The molecular formula is C29H31N3O5. The smallest absolute Gasteiger partial charge is 0.259 e. The lowest BCUT2D eigenvalue weighted by Crippen LogP contribution is -2.33. The zero-order chi connectivity index (χ0) is 25.8. The number of nitrogens with zero attached hydrogens (tertiary/aromatic N) is 2. The predicted molar refractivity (Wildman–Crippen MR) is 140 cm³/mol. The Morgan fingerprint density at radius 1 is 1.22 bits per heavy atom. The molecule has 0 unspecified atom stereocenters. The normalized spacial score (nSPS) is 18.2. The van der Waals surface area contributed by atoms with Crippen molar-refractivity contribution >= 4 is 28.4 Å². The summed E-state index contributed by atoms with van der Waals surface area (Å²) in [7, 11) is 1.60. The zero-order valence-corrected chi connectivity index (χ0v) is 21.6. The SMILES string of the molecule is COc1cc([C@@H]2C3=C(CN(C(C)=O)C3=O)Nc3cccc4c3c2cn4CCC(C)C)cc2c1OCCO2. The molecule has 0 saturated carbocycles. The van der Waals surface area contributed by atoms with Crippen molar-refractivity contribution in [1.29, 1.82) is 0 Å². The van der Waals surface area contributed by atoms with E-state index in [-0.39, 0.29) is 18.4 Å². The second-order valence-electron chi connectivity index (χ2n) is 10.3. The fourth-order valence-corrected chi connectivity index (χ4v) is 5.66. The minimum atomic E-state index is -0.421. The number of benzene rings is 2. The summed E-state index contributed by atoms with van der Waals surface area (Å²) < 4.78 is 19.8. The maximum Gasteiger partial charge on any atom is 0.259 e. The molecule has 6 rings (SSSR count). The number of carbonyl (C=O) groups excluding carboxylic acids is 2. The van der Waals surface area contributed by atoms with Crippen molar-refractivity contribution in [3.8, 4) is 17.2 Å². The number of carbonyl (C=O) groups is 2. The minimum absolute atomic E-state index is 0.218. The molecule has 37 heavy (non-hydrogen) atoms. The lowest BCUT2D eigenvalue weighted by molar-refractivity contribution is -0.139. The Kier molecular flexibility index (Phi) is 5.62. The van der Waals surface area contributed by atoms with Gasteiger partial charge in [-0.05, 0) is 47.7 Å². The number of anilines is 1. The van der Waals surface area contributed by atoms with Crippen molar-refractivity contribution in [2.75, 3.05) is 32.2 Å². The molecule has 8 heteroatoms. The van der Waals surface area contributed by atoms with E-state index in [0.29, 0.717) is 42.0 Å². The molecule has 4 heterocycles. The molecule has 8 nitrogen and oxygen atoms in total. The Hall–Kier alpha value is -3.94. The number of amides is 2. The number of fused-ring (bicyclic) bond motifs is 1. The molecule has 3 aliphatic rings. The monoisotopic (exact) mass is 501 g/mol. The van der Waals surface area contributed by atoms with Crippen molar-refractivity contribution in [2.45, 2.75) is 39.7 Å². The number of hydrogen-bond acceptors (Lipinski definition) is 6. The van der Waals surface area contributed by atoms with Crippen LogP contribution >= 0.6 is 0 Å². The fourth-order valence-electron chi connectivity index (χ4n) is 5.66.